The predicted molar refractivity (Wildman–Crippen MR) is 115 cm³/mol. The molecule has 158 valence electrons. The molecule has 1 aliphatic rings. The van der Waals surface area contributed by atoms with E-state index in [1.54, 1.807) is 12.1 Å². The zero-order valence-electron chi connectivity index (χ0n) is 16.2. The van der Waals surface area contributed by atoms with Gasteiger partial charge in [-0.15, -0.1) is 0 Å². The Balaban J connectivity index is 1.47. The lowest BCUT2D eigenvalue weighted by atomic mass is 10.1. The summed E-state index contributed by atoms with van der Waals surface area (Å²) in [6.45, 7) is 5.76. The van der Waals surface area contributed by atoms with Crippen LogP contribution in [0.2, 0.25) is 10.0 Å². The Bertz CT molecular complexity index is 1110. The summed E-state index contributed by atoms with van der Waals surface area (Å²) in [7, 11) is 0. The molecule has 0 aliphatic carbocycles. The Morgan fingerprint density at radius 1 is 1.17 bits per heavy atom. The lowest BCUT2D eigenvalue weighted by Crippen LogP contribution is -2.46. The van der Waals surface area contributed by atoms with Crippen molar-refractivity contribution in [2.24, 2.45) is 0 Å². The van der Waals surface area contributed by atoms with E-state index in [4.69, 9.17) is 32.7 Å². The number of aryl methyl sites for hydroxylation is 1. The quantitative estimate of drug-likeness (QED) is 0.532. The Labute approximate surface area is 183 Å². The third-order valence-electron chi connectivity index (χ3n) is 5.32. The number of furan rings is 1. The van der Waals surface area contributed by atoms with Gasteiger partial charge in [-0.25, -0.2) is 4.79 Å². The van der Waals surface area contributed by atoms with E-state index in [0.717, 1.165) is 42.8 Å². The van der Waals surface area contributed by atoms with Crippen LogP contribution >= 0.6 is 23.2 Å². The predicted octanol–water partition coefficient (Wildman–Crippen LogP) is 5.13. The number of hydrogen-bond acceptors (Lipinski definition) is 6. The minimum absolute atomic E-state index is 0.0393. The van der Waals surface area contributed by atoms with Crippen LogP contribution < -0.4 is 9.64 Å². The lowest BCUT2D eigenvalue weighted by molar-refractivity contribution is 0.134. The van der Waals surface area contributed by atoms with Crippen LogP contribution in [0.1, 0.15) is 11.1 Å². The average Bonchev–Trinajstić information content (AvgIpc) is 3.09. The fraction of sp³-hybridized carbons (Fsp3) is 0.286. The molecule has 2 N–H and O–H groups in total. The molecule has 1 fully saturated rings. The first-order chi connectivity index (χ1) is 14.3. The number of halogens is 2. The van der Waals surface area contributed by atoms with Crippen molar-refractivity contribution in [1.29, 1.82) is 0 Å². The molecule has 9 heteroatoms. The number of phenols is 1. The maximum absolute atomic E-state index is 10.7. The number of ether oxygens (including phenoxy) is 1. The lowest BCUT2D eigenvalue weighted by Gasteiger charge is -2.37. The molecule has 7 nitrogen and oxygen atoms in total. The van der Waals surface area contributed by atoms with Crippen molar-refractivity contribution in [3.8, 4) is 11.7 Å². The van der Waals surface area contributed by atoms with E-state index in [2.05, 4.69) is 14.5 Å². The summed E-state index contributed by atoms with van der Waals surface area (Å²) < 4.78 is 10.1. The van der Waals surface area contributed by atoms with Crippen molar-refractivity contribution in [1.82, 2.24) is 4.90 Å². The number of aromatic hydroxyl groups is 1. The van der Waals surface area contributed by atoms with Crippen molar-refractivity contribution < 1.29 is 24.2 Å². The molecular weight excluding hydrogens is 431 g/mol. The maximum atomic E-state index is 10.7. The number of piperazine rings is 1. The summed E-state index contributed by atoms with van der Waals surface area (Å²) >= 11 is 12.1. The summed E-state index contributed by atoms with van der Waals surface area (Å²) in [5.74, 6) is 0.0340. The van der Waals surface area contributed by atoms with Gasteiger partial charge in [-0.05, 0) is 36.8 Å². The molecule has 3 aromatic rings. The Morgan fingerprint density at radius 2 is 1.90 bits per heavy atom. The number of carboxylic acid groups (broad SMARTS) is 1. The highest BCUT2D eigenvalue weighted by Gasteiger charge is 2.22. The fourth-order valence-corrected chi connectivity index (χ4v) is 4.36. The number of nitrogens with zero attached hydrogens (tertiary/aromatic N) is 2. The molecule has 0 spiro atoms. The number of phenolic OH excluding ortho intramolecular Hbond substituents is 1. The second kappa shape index (κ2) is 8.26. The van der Waals surface area contributed by atoms with E-state index in [1.807, 2.05) is 19.1 Å². The van der Waals surface area contributed by atoms with Crippen molar-refractivity contribution >= 4 is 46.0 Å². The summed E-state index contributed by atoms with van der Waals surface area (Å²) in [6.07, 6.45) is -1.41. The first kappa shape index (κ1) is 20.7. The van der Waals surface area contributed by atoms with E-state index in [1.165, 1.54) is 6.07 Å². The molecule has 4 rings (SSSR count). The van der Waals surface area contributed by atoms with Gasteiger partial charge in [0, 0.05) is 60.4 Å². The monoisotopic (exact) mass is 450 g/mol. The molecule has 30 heavy (non-hydrogen) atoms. The topological polar surface area (TPSA) is 86.4 Å². The highest BCUT2D eigenvalue weighted by Crippen LogP contribution is 2.35. The smallest absolute Gasteiger partial charge is 0.506 e. The minimum Gasteiger partial charge on any atom is -0.506 e. The molecule has 0 saturated carbocycles. The molecule has 1 aromatic heterocycles. The van der Waals surface area contributed by atoms with Crippen molar-refractivity contribution in [2.45, 2.75) is 13.5 Å². The summed E-state index contributed by atoms with van der Waals surface area (Å²) in [4.78, 5) is 15.3. The van der Waals surface area contributed by atoms with E-state index in [-0.39, 0.29) is 16.7 Å². The Hall–Kier alpha value is -2.61. The molecule has 0 bridgehead atoms. The molecular formula is C21H20Cl2N2O5. The molecule has 1 saturated heterocycles. The second-order valence-electron chi connectivity index (χ2n) is 7.21. The number of anilines is 1. The fourth-order valence-electron chi connectivity index (χ4n) is 3.82. The third kappa shape index (κ3) is 4.14. The van der Waals surface area contributed by atoms with Crippen LogP contribution in [0.25, 0.3) is 11.0 Å². The van der Waals surface area contributed by atoms with E-state index >= 15 is 0 Å². The molecule has 0 atom stereocenters. The van der Waals surface area contributed by atoms with Gasteiger partial charge in [0.25, 0.3) is 5.95 Å². The Morgan fingerprint density at radius 3 is 2.60 bits per heavy atom. The van der Waals surface area contributed by atoms with Gasteiger partial charge in [0.1, 0.15) is 11.3 Å². The minimum atomic E-state index is -1.41. The molecule has 0 unspecified atom stereocenters. The normalized spacial score (nSPS) is 15.0. The first-order valence-electron chi connectivity index (χ1n) is 9.40. The number of rotatable bonds is 4. The van der Waals surface area contributed by atoms with Crippen molar-refractivity contribution in [2.75, 3.05) is 31.1 Å². The van der Waals surface area contributed by atoms with E-state index < -0.39 is 6.16 Å². The highest BCUT2D eigenvalue weighted by atomic mass is 35.5. The largest absolute Gasteiger partial charge is 0.513 e. The van der Waals surface area contributed by atoms with Gasteiger partial charge in [-0.1, -0.05) is 23.2 Å². The maximum Gasteiger partial charge on any atom is 0.513 e. The van der Waals surface area contributed by atoms with Crippen LogP contribution in [-0.2, 0) is 6.54 Å². The van der Waals surface area contributed by atoms with Crippen LogP contribution in [-0.4, -0.2) is 47.4 Å². The second-order valence-corrected chi connectivity index (χ2v) is 8.06. The van der Waals surface area contributed by atoms with Gasteiger partial charge in [-0.2, -0.15) is 0 Å². The number of hydrogen-bond donors (Lipinski definition) is 2. The third-order valence-corrected chi connectivity index (χ3v) is 5.83. The van der Waals surface area contributed by atoms with Gasteiger partial charge in [-0.3, -0.25) is 4.90 Å². The van der Waals surface area contributed by atoms with Crippen LogP contribution in [0.4, 0.5) is 10.5 Å². The van der Waals surface area contributed by atoms with Crippen LogP contribution in [0.5, 0.6) is 11.7 Å². The van der Waals surface area contributed by atoms with E-state index in [9.17, 15) is 9.90 Å². The van der Waals surface area contributed by atoms with Crippen molar-refractivity contribution in [3.05, 3.63) is 51.5 Å². The molecule has 0 radical (unpaired) electrons. The van der Waals surface area contributed by atoms with Gasteiger partial charge >= 0.3 is 6.16 Å². The van der Waals surface area contributed by atoms with Gasteiger partial charge < -0.3 is 24.3 Å². The standard InChI is InChI=1S/C21H20Cl2N2O5/c1-12-15-10-19(30-21(27)28)29-18(15)3-2-17(12)25-6-4-24(5-7-25)11-13-8-14(22)9-16(23)20(13)26/h2-3,8-10,26H,4-7,11H2,1H3,(H,27,28). The van der Waals surface area contributed by atoms with Crippen molar-refractivity contribution in [3.63, 3.8) is 0 Å². The van der Waals surface area contributed by atoms with Gasteiger partial charge in [0.15, 0.2) is 0 Å². The SMILES string of the molecule is Cc1c(N2CCN(Cc3cc(Cl)cc(Cl)c3O)CC2)ccc2oc(OC(=O)O)cc12. The molecule has 0 amide bonds. The molecule has 2 aromatic carbocycles. The van der Waals surface area contributed by atoms with Crippen LogP contribution in [0, 0.1) is 6.92 Å². The van der Waals surface area contributed by atoms with Gasteiger partial charge in [0.2, 0.25) is 0 Å². The molecule has 1 aliphatic heterocycles. The van der Waals surface area contributed by atoms with Crippen LogP contribution in [0.3, 0.4) is 0 Å². The van der Waals surface area contributed by atoms with Gasteiger partial charge in [0.05, 0.1) is 5.02 Å². The first-order valence-corrected chi connectivity index (χ1v) is 10.2. The zero-order chi connectivity index (χ0) is 21.4. The number of benzene rings is 2. The zero-order valence-corrected chi connectivity index (χ0v) is 17.7. The summed E-state index contributed by atoms with van der Waals surface area (Å²) in [5, 5.41) is 20.5. The Kier molecular flexibility index (Phi) is 5.69. The number of fused-ring (bicyclic) bond motifs is 1. The molecule has 2 heterocycles. The summed E-state index contributed by atoms with van der Waals surface area (Å²) in [6, 6.07) is 8.67. The average molecular weight is 451 g/mol. The highest BCUT2D eigenvalue weighted by molar-refractivity contribution is 6.35. The summed E-state index contributed by atoms with van der Waals surface area (Å²) in [5.41, 5.74) is 3.37. The number of carbonyl (C=O) groups is 1. The van der Waals surface area contributed by atoms with E-state index in [0.29, 0.717) is 22.7 Å². The van der Waals surface area contributed by atoms with Crippen LogP contribution in [0.15, 0.2) is 34.7 Å².